The van der Waals surface area contributed by atoms with Crippen LogP contribution in [-0.4, -0.2) is 33.3 Å². The summed E-state index contributed by atoms with van der Waals surface area (Å²) in [6, 6.07) is 19.1. The summed E-state index contributed by atoms with van der Waals surface area (Å²) in [7, 11) is 4.62. The topological polar surface area (TPSA) is 104 Å². The molecule has 1 unspecified atom stereocenters. The predicted octanol–water partition coefficient (Wildman–Crippen LogP) is 4.66. The number of carbonyl (C=O) groups is 2. The molecule has 198 valence electrons. The zero-order valence-electron chi connectivity index (χ0n) is 21.7. The van der Waals surface area contributed by atoms with E-state index in [1.165, 1.54) is 14.2 Å². The van der Waals surface area contributed by atoms with Gasteiger partial charge >= 0.3 is 12.0 Å². The fourth-order valence-electron chi connectivity index (χ4n) is 4.13. The third-order valence-electron chi connectivity index (χ3n) is 6.07. The standard InChI is InChI=1S/C29H30N2O7/c1-18-26(28(32)38-17-20-10-12-22(34-2)24(14-20)35-3)27(31-29(33)30-18)21-11-13-23(25(15-21)36-4)37-16-19-8-6-5-7-9-19/h5-15,27H,16-17H2,1-4H3,(H2,30,31,33). The monoisotopic (exact) mass is 518 g/mol. The minimum absolute atomic E-state index is 0.00617. The molecule has 1 heterocycles. The van der Waals surface area contributed by atoms with Crippen LogP contribution in [0.4, 0.5) is 4.79 Å². The Morgan fingerprint density at radius 1 is 0.789 bits per heavy atom. The third-order valence-corrected chi connectivity index (χ3v) is 6.07. The average molecular weight is 519 g/mol. The van der Waals surface area contributed by atoms with E-state index in [0.717, 1.165) is 11.1 Å². The van der Waals surface area contributed by atoms with Gasteiger partial charge < -0.3 is 34.3 Å². The first-order chi connectivity index (χ1) is 18.4. The lowest BCUT2D eigenvalue weighted by atomic mass is 9.95. The smallest absolute Gasteiger partial charge is 0.338 e. The molecule has 1 aliphatic heterocycles. The molecule has 0 bridgehead atoms. The van der Waals surface area contributed by atoms with Crippen molar-refractivity contribution in [1.82, 2.24) is 10.6 Å². The molecule has 2 N–H and O–H groups in total. The van der Waals surface area contributed by atoms with Gasteiger partial charge in [0.1, 0.15) is 13.2 Å². The lowest BCUT2D eigenvalue weighted by Crippen LogP contribution is -2.45. The second kappa shape index (κ2) is 12.1. The molecule has 0 saturated carbocycles. The van der Waals surface area contributed by atoms with Crippen molar-refractivity contribution >= 4 is 12.0 Å². The summed E-state index contributed by atoms with van der Waals surface area (Å²) in [6.45, 7) is 2.03. The van der Waals surface area contributed by atoms with Crippen molar-refractivity contribution in [3.05, 3.63) is 94.7 Å². The van der Waals surface area contributed by atoms with Gasteiger partial charge in [-0.3, -0.25) is 0 Å². The average Bonchev–Trinajstić information content (AvgIpc) is 2.94. The van der Waals surface area contributed by atoms with Gasteiger partial charge in [0.2, 0.25) is 0 Å². The van der Waals surface area contributed by atoms with Crippen molar-refractivity contribution in [3.8, 4) is 23.0 Å². The second-order valence-corrected chi connectivity index (χ2v) is 8.52. The van der Waals surface area contributed by atoms with E-state index in [-0.39, 0.29) is 12.2 Å². The molecule has 2 amide bonds. The van der Waals surface area contributed by atoms with Gasteiger partial charge in [-0.25, -0.2) is 9.59 Å². The number of hydrogen-bond acceptors (Lipinski definition) is 7. The first-order valence-electron chi connectivity index (χ1n) is 11.9. The number of urea groups is 1. The van der Waals surface area contributed by atoms with E-state index in [4.69, 9.17) is 23.7 Å². The molecule has 3 aromatic carbocycles. The number of amides is 2. The highest BCUT2D eigenvalue weighted by molar-refractivity contribution is 5.95. The molecular formula is C29H30N2O7. The number of nitrogens with one attached hydrogen (secondary N) is 2. The normalized spacial score (nSPS) is 14.7. The van der Waals surface area contributed by atoms with Gasteiger partial charge in [0.15, 0.2) is 23.0 Å². The molecule has 1 aliphatic rings. The number of hydrogen-bond donors (Lipinski definition) is 2. The molecule has 0 saturated heterocycles. The molecule has 0 fully saturated rings. The maximum absolute atomic E-state index is 13.2. The van der Waals surface area contributed by atoms with Crippen molar-refractivity contribution in [2.75, 3.05) is 21.3 Å². The van der Waals surface area contributed by atoms with Crippen LogP contribution in [0, 0.1) is 0 Å². The number of methoxy groups -OCH3 is 3. The van der Waals surface area contributed by atoms with Crippen LogP contribution in [0.15, 0.2) is 78.0 Å². The minimum atomic E-state index is -0.751. The van der Waals surface area contributed by atoms with Gasteiger partial charge in [-0.2, -0.15) is 0 Å². The fourth-order valence-corrected chi connectivity index (χ4v) is 4.13. The summed E-state index contributed by atoms with van der Waals surface area (Å²) in [4.78, 5) is 25.6. The highest BCUT2D eigenvalue weighted by atomic mass is 16.5. The highest BCUT2D eigenvalue weighted by Gasteiger charge is 2.33. The van der Waals surface area contributed by atoms with Crippen LogP contribution in [0.1, 0.15) is 29.7 Å². The van der Waals surface area contributed by atoms with E-state index in [9.17, 15) is 9.59 Å². The third kappa shape index (κ3) is 6.00. The van der Waals surface area contributed by atoms with Crippen molar-refractivity contribution in [1.29, 1.82) is 0 Å². The number of esters is 1. The molecule has 0 aromatic heterocycles. The molecule has 9 nitrogen and oxygen atoms in total. The van der Waals surface area contributed by atoms with E-state index in [1.807, 2.05) is 30.3 Å². The van der Waals surface area contributed by atoms with Gasteiger partial charge in [0.05, 0.1) is 32.9 Å². The quantitative estimate of drug-likeness (QED) is 0.376. The van der Waals surface area contributed by atoms with Gasteiger partial charge in [0, 0.05) is 5.70 Å². The van der Waals surface area contributed by atoms with Gasteiger partial charge in [-0.15, -0.1) is 0 Å². The number of ether oxygens (including phenoxy) is 5. The first-order valence-corrected chi connectivity index (χ1v) is 11.9. The Bertz CT molecular complexity index is 1340. The van der Waals surface area contributed by atoms with Crippen LogP contribution in [0.5, 0.6) is 23.0 Å². The fraction of sp³-hybridized carbons (Fsp3) is 0.241. The van der Waals surface area contributed by atoms with Crippen molar-refractivity contribution in [2.45, 2.75) is 26.2 Å². The van der Waals surface area contributed by atoms with E-state index >= 15 is 0 Å². The molecule has 0 aliphatic carbocycles. The van der Waals surface area contributed by atoms with Crippen LogP contribution < -0.4 is 29.6 Å². The Hall–Kier alpha value is -4.66. The summed E-state index contributed by atoms with van der Waals surface area (Å²) in [5.41, 5.74) is 3.06. The van der Waals surface area contributed by atoms with E-state index in [2.05, 4.69) is 10.6 Å². The molecule has 0 spiro atoms. The Balaban J connectivity index is 1.54. The SMILES string of the molecule is COc1ccc(COC(=O)C2=C(C)NC(=O)NC2c2ccc(OCc3ccccc3)c(OC)c2)cc1OC. The largest absolute Gasteiger partial charge is 0.493 e. The first kappa shape index (κ1) is 26.4. The Morgan fingerprint density at radius 2 is 1.47 bits per heavy atom. The van der Waals surface area contributed by atoms with E-state index in [1.54, 1.807) is 50.4 Å². The minimum Gasteiger partial charge on any atom is -0.493 e. The number of benzene rings is 3. The number of allylic oxidation sites excluding steroid dienone is 1. The summed E-state index contributed by atoms with van der Waals surface area (Å²) >= 11 is 0. The van der Waals surface area contributed by atoms with Crippen molar-refractivity contribution in [2.24, 2.45) is 0 Å². The second-order valence-electron chi connectivity index (χ2n) is 8.52. The Morgan fingerprint density at radius 3 is 2.18 bits per heavy atom. The van der Waals surface area contributed by atoms with Gasteiger partial charge in [-0.1, -0.05) is 42.5 Å². The lowest BCUT2D eigenvalue weighted by molar-refractivity contribution is -0.140. The molecule has 0 radical (unpaired) electrons. The maximum atomic E-state index is 13.2. The Labute approximate surface area is 221 Å². The lowest BCUT2D eigenvalue weighted by Gasteiger charge is -2.28. The van der Waals surface area contributed by atoms with Crippen LogP contribution in [0.3, 0.4) is 0 Å². The summed E-state index contributed by atoms with van der Waals surface area (Å²) in [5.74, 6) is 1.55. The van der Waals surface area contributed by atoms with Crippen LogP contribution in [0.2, 0.25) is 0 Å². The van der Waals surface area contributed by atoms with Crippen molar-refractivity contribution < 1.29 is 33.3 Å². The molecule has 3 aromatic rings. The Kier molecular flexibility index (Phi) is 8.37. The molecule has 1 atom stereocenters. The summed E-state index contributed by atoms with van der Waals surface area (Å²) in [6.07, 6.45) is 0. The van der Waals surface area contributed by atoms with Gasteiger partial charge in [0.25, 0.3) is 0 Å². The number of rotatable bonds is 10. The van der Waals surface area contributed by atoms with Crippen molar-refractivity contribution in [3.63, 3.8) is 0 Å². The highest BCUT2D eigenvalue weighted by Crippen LogP contribution is 2.35. The van der Waals surface area contributed by atoms with Crippen LogP contribution in [-0.2, 0) is 22.7 Å². The van der Waals surface area contributed by atoms with Crippen LogP contribution >= 0.6 is 0 Å². The maximum Gasteiger partial charge on any atom is 0.338 e. The zero-order chi connectivity index (χ0) is 27.1. The zero-order valence-corrected chi connectivity index (χ0v) is 21.7. The number of carbonyl (C=O) groups excluding carboxylic acids is 2. The van der Waals surface area contributed by atoms with E-state index < -0.39 is 18.0 Å². The summed E-state index contributed by atoms with van der Waals surface area (Å²) in [5, 5.41) is 5.47. The molecular weight excluding hydrogens is 488 g/mol. The summed E-state index contributed by atoms with van der Waals surface area (Å²) < 4.78 is 27.7. The predicted molar refractivity (Wildman–Crippen MR) is 140 cm³/mol. The van der Waals surface area contributed by atoms with Crippen LogP contribution in [0.25, 0.3) is 0 Å². The molecule has 9 heteroatoms. The van der Waals surface area contributed by atoms with E-state index in [0.29, 0.717) is 40.9 Å². The molecule has 38 heavy (non-hydrogen) atoms. The van der Waals surface area contributed by atoms with Gasteiger partial charge in [-0.05, 0) is 47.9 Å². The molecule has 4 rings (SSSR count).